The number of aliphatic hydroxyl groups excluding tert-OH is 1. The van der Waals surface area contributed by atoms with E-state index in [1.807, 2.05) is 31.2 Å². The van der Waals surface area contributed by atoms with Gasteiger partial charge in [0.1, 0.15) is 29.4 Å². The fourth-order valence-electron chi connectivity index (χ4n) is 4.00. The average molecular weight is 574 g/mol. The molecule has 13 heteroatoms. The van der Waals surface area contributed by atoms with E-state index in [2.05, 4.69) is 10.1 Å². The lowest BCUT2D eigenvalue weighted by Crippen LogP contribution is -2.39. The molecule has 3 rings (SSSR count). The quantitative estimate of drug-likeness (QED) is 0.0853. The molecule has 2 aromatic carbocycles. The van der Waals surface area contributed by atoms with Gasteiger partial charge in [0, 0.05) is 18.0 Å². The number of ether oxygens (including phenoxy) is 2. The number of nitrogens with two attached hydrogens (primary N) is 1. The van der Waals surface area contributed by atoms with Crippen molar-refractivity contribution in [2.24, 2.45) is 16.1 Å². The van der Waals surface area contributed by atoms with E-state index in [1.54, 1.807) is 24.3 Å². The maximum Gasteiger partial charge on any atom is 0.459 e. The smallest absolute Gasteiger partial charge is 0.459 e. The van der Waals surface area contributed by atoms with Crippen LogP contribution in [0.5, 0.6) is 5.75 Å². The summed E-state index contributed by atoms with van der Waals surface area (Å²) in [6, 6.07) is 13.5. The highest BCUT2D eigenvalue weighted by Crippen LogP contribution is 2.48. The molecular weight excluding hydrogens is 537 g/mol. The van der Waals surface area contributed by atoms with Crippen molar-refractivity contribution in [1.82, 2.24) is 5.09 Å². The summed E-state index contributed by atoms with van der Waals surface area (Å²) >= 11 is 0. The third-order valence-corrected chi connectivity index (χ3v) is 8.03. The minimum absolute atomic E-state index is 0.0445. The summed E-state index contributed by atoms with van der Waals surface area (Å²) in [5, 5.41) is 32.1. The number of carbonyl (C=O) groups is 1. The molecule has 2 aromatic rings. The summed E-state index contributed by atoms with van der Waals surface area (Å²) in [6.45, 7) is 4.68. The number of esters is 1. The Kier molecular flexibility index (Phi) is 10.8. The molecule has 1 aliphatic heterocycles. The van der Waals surface area contributed by atoms with Gasteiger partial charge in [-0.05, 0) is 31.7 Å². The first kappa shape index (κ1) is 31.2. The molecule has 40 heavy (non-hydrogen) atoms. The van der Waals surface area contributed by atoms with Crippen molar-refractivity contribution >= 4 is 36.5 Å². The minimum atomic E-state index is -4.29. The largest absolute Gasteiger partial charge is 0.465 e. The van der Waals surface area contributed by atoms with E-state index >= 15 is 0 Å². The molecular formula is C27H36N5O7P. The second-order valence-corrected chi connectivity index (χ2v) is 11.4. The molecule has 216 valence electrons. The van der Waals surface area contributed by atoms with E-state index in [-0.39, 0.29) is 24.6 Å². The molecule has 0 aliphatic carbocycles. The molecule has 0 saturated carbocycles. The Morgan fingerprint density at radius 1 is 1.38 bits per heavy atom. The van der Waals surface area contributed by atoms with Crippen LogP contribution in [0.2, 0.25) is 0 Å². The molecule has 5 N–H and O–H groups in total. The molecule has 1 aliphatic rings. The van der Waals surface area contributed by atoms with E-state index in [4.69, 9.17) is 29.7 Å². The van der Waals surface area contributed by atoms with E-state index in [0.29, 0.717) is 11.8 Å². The highest BCUT2D eigenvalue weighted by atomic mass is 31.2. The molecule has 0 spiro atoms. The Morgan fingerprint density at radius 2 is 2.10 bits per heavy atom. The Labute approximate surface area is 233 Å². The summed E-state index contributed by atoms with van der Waals surface area (Å²) in [6.07, 6.45) is -0.653. The topological polar surface area (TPSA) is 189 Å². The summed E-state index contributed by atoms with van der Waals surface area (Å²) < 4.78 is 36.7. The van der Waals surface area contributed by atoms with Gasteiger partial charge in [-0.2, -0.15) is 10.3 Å². The van der Waals surface area contributed by atoms with Crippen LogP contribution in [0.4, 0.5) is 0 Å². The first-order valence-electron chi connectivity index (χ1n) is 13.0. The zero-order valence-corrected chi connectivity index (χ0v) is 23.7. The van der Waals surface area contributed by atoms with Gasteiger partial charge in [-0.3, -0.25) is 19.7 Å². The lowest BCUT2D eigenvalue weighted by Gasteiger charge is -2.25. The van der Waals surface area contributed by atoms with Crippen molar-refractivity contribution in [2.45, 2.75) is 64.5 Å². The maximum absolute atomic E-state index is 14.1. The predicted molar refractivity (Wildman–Crippen MR) is 150 cm³/mol. The van der Waals surface area contributed by atoms with Crippen LogP contribution < -0.4 is 15.3 Å². The first-order chi connectivity index (χ1) is 19.0. The number of amidine groups is 1. The van der Waals surface area contributed by atoms with Crippen molar-refractivity contribution in [3.8, 4) is 11.8 Å². The molecule has 0 aromatic heterocycles. The number of carbonyl (C=O) groups excluding carboxylic acids is 1. The van der Waals surface area contributed by atoms with Gasteiger partial charge in [-0.25, -0.2) is 4.57 Å². The number of nitrogens with one attached hydrogen (secondary N) is 2. The van der Waals surface area contributed by atoms with Crippen molar-refractivity contribution in [3.63, 3.8) is 0 Å². The first-order valence-corrected chi connectivity index (χ1v) is 14.5. The molecule has 0 bridgehead atoms. The van der Waals surface area contributed by atoms with Gasteiger partial charge in [0.15, 0.2) is 6.23 Å². The number of unbranched alkanes of at least 4 members (excludes halogenated alkanes) is 1. The van der Waals surface area contributed by atoms with Gasteiger partial charge < -0.3 is 24.8 Å². The van der Waals surface area contributed by atoms with Crippen LogP contribution in [-0.2, 0) is 23.4 Å². The van der Waals surface area contributed by atoms with Crippen LogP contribution in [0.1, 0.15) is 40.0 Å². The third kappa shape index (κ3) is 7.65. The van der Waals surface area contributed by atoms with E-state index in [0.717, 1.165) is 11.8 Å². The van der Waals surface area contributed by atoms with E-state index < -0.39 is 50.2 Å². The molecule has 1 saturated heterocycles. The number of hydrogen-bond acceptors (Lipinski definition) is 10. The predicted octanol–water partition coefficient (Wildman–Crippen LogP) is 3.68. The number of hydrogen-bond donors (Lipinski definition) is 4. The van der Waals surface area contributed by atoms with Crippen molar-refractivity contribution < 1.29 is 33.0 Å². The Morgan fingerprint density at radius 3 is 2.80 bits per heavy atom. The Bertz CT molecular complexity index is 1310. The van der Waals surface area contributed by atoms with E-state index in [1.165, 1.54) is 20.1 Å². The number of nitrogens with zero attached hydrogens (tertiary/aromatic N) is 2. The SMILES string of the molecule is CCCCOC(=O)C(C)NP(=O)(OCC1OC(N=CCC(=N)N)C(C)(C#N)C1O)Oc1cccc2ccccc12. The molecule has 1 fully saturated rings. The number of nitriles is 1. The average Bonchev–Trinajstić information content (AvgIpc) is 3.17. The highest BCUT2D eigenvalue weighted by Gasteiger charge is 2.54. The molecule has 12 nitrogen and oxygen atoms in total. The maximum atomic E-state index is 14.1. The van der Waals surface area contributed by atoms with Gasteiger partial charge in [-0.1, -0.05) is 49.7 Å². The molecule has 0 radical (unpaired) electrons. The van der Waals surface area contributed by atoms with Crippen LogP contribution in [0.3, 0.4) is 0 Å². The number of fused-ring (bicyclic) bond motifs is 1. The van der Waals surface area contributed by atoms with Gasteiger partial charge in [0.2, 0.25) is 0 Å². The highest BCUT2D eigenvalue weighted by molar-refractivity contribution is 7.52. The number of benzene rings is 2. The molecule has 6 unspecified atom stereocenters. The van der Waals surface area contributed by atoms with Crippen molar-refractivity contribution in [3.05, 3.63) is 42.5 Å². The van der Waals surface area contributed by atoms with Crippen LogP contribution in [0.15, 0.2) is 47.5 Å². The Hall–Kier alpha value is -3.33. The van der Waals surface area contributed by atoms with Gasteiger partial charge in [0.25, 0.3) is 0 Å². The standard InChI is InChI=1S/C27H36N5O7P/c1-4-5-15-36-25(34)18(2)32-40(35,39-21-12-8-10-19-9-6-7-11-20(19)21)37-16-22-24(33)27(3,17-28)26(38-22)31-14-13-23(29)30/h6-12,14,18,22,24,26,33H,4-5,13,15-16H2,1-3H3,(H3,29,30)(H,32,35). The zero-order chi connectivity index (χ0) is 29.3. The summed E-state index contributed by atoms with van der Waals surface area (Å²) in [5.74, 6) is -0.504. The van der Waals surface area contributed by atoms with Gasteiger partial charge in [-0.15, -0.1) is 0 Å². The summed E-state index contributed by atoms with van der Waals surface area (Å²) in [4.78, 5) is 16.7. The van der Waals surface area contributed by atoms with Crippen LogP contribution >= 0.6 is 7.75 Å². The third-order valence-electron chi connectivity index (χ3n) is 6.40. The second-order valence-electron chi connectivity index (χ2n) is 9.66. The van der Waals surface area contributed by atoms with Gasteiger partial charge >= 0.3 is 13.7 Å². The van der Waals surface area contributed by atoms with Crippen LogP contribution in [-0.4, -0.2) is 60.8 Å². The minimum Gasteiger partial charge on any atom is -0.465 e. The van der Waals surface area contributed by atoms with Crippen molar-refractivity contribution in [2.75, 3.05) is 13.2 Å². The normalized spacial score (nSPS) is 24.8. The lowest BCUT2D eigenvalue weighted by molar-refractivity contribution is -0.145. The molecule has 0 amide bonds. The second kappa shape index (κ2) is 13.8. The van der Waals surface area contributed by atoms with Gasteiger partial charge in [0.05, 0.1) is 25.1 Å². The number of aliphatic hydroxyl groups is 1. The molecule has 6 atom stereocenters. The number of aliphatic imine (C=N–C) groups is 1. The fourth-order valence-corrected chi connectivity index (χ4v) is 5.52. The van der Waals surface area contributed by atoms with Crippen molar-refractivity contribution in [1.29, 1.82) is 10.7 Å². The summed E-state index contributed by atoms with van der Waals surface area (Å²) in [7, 11) is -4.29. The number of rotatable bonds is 14. The lowest BCUT2D eigenvalue weighted by atomic mass is 9.84. The summed E-state index contributed by atoms with van der Waals surface area (Å²) in [5.41, 5.74) is 3.90. The monoisotopic (exact) mass is 573 g/mol. The zero-order valence-electron chi connectivity index (χ0n) is 22.8. The van der Waals surface area contributed by atoms with Crippen LogP contribution in [0.25, 0.3) is 10.8 Å². The fraction of sp³-hybridized carbons (Fsp3) is 0.481. The van der Waals surface area contributed by atoms with E-state index in [9.17, 15) is 19.7 Å². The Balaban J connectivity index is 1.83. The molecule has 1 heterocycles. The van der Waals surface area contributed by atoms with Crippen LogP contribution in [0, 0.1) is 22.2 Å².